The van der Waals surface area contributed by atoms with Gasteiger partial charge < -0.3 is 14.8 Å². The Morgan fingerprint density at radius 3 is 2.50 bits per heavy atom. The Kier molecular flexibility index (Phi) is 9.93. The van der Waals surface area contributed by atoms with Crippen molar-refractivity contribution in [1.29, 1.82) is 0 Å². The quantitative estimate of drug-likeness (QED) is 0.428. The summed E-state index contributed by atoms with van der Waals surface area (Å²) in [5, 5.41) is 4.41. The van der Waals surface area contributed by atoms with Crippen molar-refractivity contribution in [3.63, 3.8) is 0 Å². The largest absolute Gasteiger partial charge is 0.493 e. The van der Waals surface area contributed by atoms with E-state index in [0.717, 1.165) is 22.3 Å². The molecule has 0 heterocycles. The number of hydrogen-bond donors (Lipinski definition) is 1. The van der Waals surface area contributed by atoms with E-state index in [9.17, 15) is 0 Å². The molecule has 2 aromatic rings. The Hall–Kier alpha value is -0.940. The molecule has 0 unspecified atom stereocenters. The maximum atomic E-state index is 6.22. The van der Waals surface area contributed by atoms with Crippen molar-refractivity contribution < 1.29 is 9.47 Å². The topological polar surface area (TPSA) is 30.5 Å². The highest BCUT2D eigenvalue weighted by molar-refractivity contribution is 9.10. The molecule has 2 aromatic carbocycles. The Morgan fingerprint density at radius 2 is 1.82 bits per heavy atom. The molecular weight excluding hydrogens is 461 g/mol. The summed E-state index contributed by atoms with van der Waals surface area (Å²) in [5.74, 6) is 1.43. The van der Waals surface area contributed by atoms with E-state index >= 15 is 0 Å². The van der Waals surface area contributed by atoms with Gasteiger partial charge in [0.05, 0.1) is 11.6 Å². The number of methoxy groups -OCH3 is 1. The third-order valence-corrected chi connectivity index (χ3v) is 6.03. The van der Waals surface area contributed by atoms with Gasteiger partial charge in [0.2, 0.25) is 0 Å². The molecule has 1 aliphatic rings. The van der Waals surface area contributed by atoms with Crippen molar-refractivity contribution in [3.8, 4) is 11.5 Å². The Labute approximate surface area is 187 Å². The van der Waals surface area contributed by atoms with Crippen LogP contribution in [0.3, 0.4) is 0 Å². The van der Waals surface area contributed by atoms with Gasteiger partial charge in [-0.3, -0.25) is 0 Å². The van der Waals surface area contributed by atoms with E-state index in [1.165, 1.54) is 44.1 Å². The summed E-state index contributed by atoms with van der Waals surface area (Å²) in [4.78, 5) is 0. The molecule has 6 heteroatoms. The Bertz CT molecular complexity index is 749. The summed E-state index contributed by atoms with van der Waals surface area (Å²) in [6, 6.07) is 12.5. The molecule has 1 aliphatic carbocycles. The van der Waals surface area contributed by atoms with Crippen molar-refractivity contribution in [1.82, 2.24) is 5.32 Å². The molecule has 0 bridgehead atoms. The second-order valence-corrected chi connectivity index (χ2v) is 8.32. The van der Waals surface area contributed by atoms with E-state index in [4.69, 9.17) is 21.1 Å². The lowest BCUT2D eigenvalue weighted by atomic mass is 10.1. The first kappa shape index (κ1) is 23.3. The van der Waals surface area contributed by atoms with Crippen molar-refractivity contribution in [2.75, 3.05) is 7.11 Å². The van der Waals surface area contributed by atoms with Crippen LogP contribution in [0.25, 0.3) is 0 Å². The van der Waals surface area contributed by atoms with Crippen LogP contribution in [0.2, 0.25) is 5.02 Å². The average Bonchev–Trinajstić information content (AvgIpc) is 2.95. The number of ether oxygens (including phenoxy) is 2. The molecule has 0 saturated heterocycles. The van der Waals surface area contributed by atoms with Crippen LogP contribution in [0.1, 0.15) is 49.7 Å². The lowest BCUT2D eigenvalue weighted by molar-refractivity contribution is 0.282. The molecule has 3 nitrogen and oxygen atoms in total. The van der Waals surface area contributed by atoms with Gasteiger partial charge in [-0.15, -0.1) is 12.4 Å². The lowest BCUT2D eigenvalue weighted by Crippen LogP contribution is -2.27. The fourth-order valence-electron chi connectivity index (χ4n) is 3.53. The number of halogens is 3. The van der Waals surface area contributed by atoms with Crippen molar-refractivity contribution in [2.24, 2.45) is 0 Å². The van der Waals surface area contributed by atoms with Crippen molar-refractivity contribution >= 4 is 39.9 Å². The van der Waals surface area contributed by atoms with Gasteiger partial charge in [0.15, 0.2) is 11.5 Å². The van der Waals surface area contributed by atoms with Crippen LogP contribution in [-0.4, -0.2) is 13.2 Å². The molecule has 0 radical (unpaired) electrons. The average molecular weight is 489 g/mol. The minimum atomic E-state index is 0. The molecule has 0 spiro atoms. The van der Waals surface area contributed by atoms with Gasteiger partial charge in [0.1, 0.15) is 6.61 Å². The highest BCUT2D eigenvalue weighted by Gasteiger charge is 2.15. The first-order chi connectivity index (χ1) is 13.2. The van der Waals surface area contributed by atoms with Crippen LogP contribution in [0.15, 0.2) is 40.9 Å². The molecule has 1 saturated carbocycles. The van der Waals surface area contributed by atoms with E-state index in [1.54, 1.807) is 7.11 Å². The highest BCUT2D eigenvalue weighted by Crippen LogP contribution is 2.37. The van der Waals surface area contributed by atoms with E-state index in [-0.39, 0.29) is 12.4 Å². The van der Waals surface area contributed by atoms with E-state index in [1.807, 2.05) is 24.3 Å². The summed E-state index contributed by atoms with van der Waals surface area (Å²) in [5.41, 5.74) is 2.14. The van der Waals surface area contributed by atoms with Gasteiger partial charge in [0, 0.05) is 23.2 Å². The van der Waals surface area contributed by atoms with Gasteiger partial charge in [0.25, 0.3) is 0 Å². The van der Waals surface area contributed by atoms with E-state index in [2.05, 4.69) is 33.4 Å². The van der Waals surface area contributed by atoms with Crippen LogP contribution in [0.4, 0.5) is 0 Å². The van der Waals surface area contributed by atoms with Gasteiger partial charge in [-0.05, 0) is 52.5 Å². The van der Waals surface area contributed by atoms with Gasteiger partial charge in [-0.1, -0.05) is 55.5 Å². The lowest BCUT2D eigenvalue weighted by Gasteiger charge is -2.18. The molecule has 3 rings (SSSR count). The zero-order valence-corrected chi connectivity index (χ0v) is 19.3. The normalized spacial score (nSPS) is 14.8. The third-order valence-electron chi connectivity index (χ3n) is 5.07. The molecular formula is C22H28BrCl2NO2. The van der Waals surface area contributed by atoms with E-state index < -0.39 is 0 Å². The monoisotopic (exact) mass is 487 g/mol. The van der Waals surface area contributed by atoms with Crippen molar-refractivity contribution in [2.45, 2.75) is 57.7 Å². The molecule has 0 aromatic heterocycles. The zero-order chi connectivity index (χ0) is 19.1. The van der Waals surface area contributed by atoms with Crippen LogP contribution < -0.4 is 14.8 Å². The maximum Gasteiger partial charge on any atom is 0.175 e. The second-order valence-electron chi connectivity index (χ2n) is 7.06. The predicted octanol–water partition coefficient (Wildman–Crippen LogP) is 6.92. The zero-order valence-electron chi connectivity index (χ0n) is 16.2. The predicted molar refractivity (Wildman–Crippen MR) is 122 cm³/mol. The van der Waals surface area contributed by atoms with Crippen molar-refractivity contribution in [3.05, 3.63) is 57.0 Å². The molecule has 0 aliphatic heterocycles. The number of rotatable bonds is 7. The maximum absolute atomic E-state index is 6.22. The van der Waals surface area contributed by atoms with Crippen LogP contribution in [-0.2, 0) is 13.2 Å². The Morgan fingerprint density at radius 1 is 1.11 bits per heavy atom. The summed E-state index contributed by atoms with van der Waals surface area (Å²) < 4.78 is 12.5. The molecule has 154 valence electrons. The van der Waals surface area contributed by atoms with Gasteiger partial charge in [-0.2, -0.15) is 0 Å². The fraction of sp³-hybridized carbons (Fsp3) is 0.455. The standard InChI is InChI=1S/C22H27BrClNO2.ClH/c1-26-21-13-16(14-25-18-9-4-2-3-5-10-18)12-19(23)22(21)27-15-17-8-6-7-11-20(17)24;/h6-8,11-13,18,25H,2-5,9-10,14-15H2,1H3;1H. The minimum absolute atomic E-state index is 0. The first-order valence-electron chi connectivity index (χ1n) is 9.63. The highest BCUT2D eigenvalue weighted by atomic mass is 79.9. The molecule has 1 fully saturated rings. The Balaban J connectivity index is 0.00000280. The molecule has 0 atom stereocenters. The number of benzene rings is 2. The SMILES string of the molecule is COc1cc(CNC2CCCCCC2)cc(Br)c1OCc1ccccc1Cl.Cl. The van der Waals surface area contributed by atoms with Gasteiger partial charge >= 0.3 is 0 Å². The smallest absolute Gasteiger partial charge is 0.175 e. The van der Waals surface area contributed by atoms with Crippen LogP contribution in [0, 0.1) is 0 Å². The summed E-state index contributed by atoms with van der Waals surface area (Å²) in [7, 11) is 1.67. The summed E-state index contributed by atoms with van der Waals surface area (Å²) >= 11 is 9.87. The minimum Gasteiger partial charge on any atom is -0.493 e. The third kappa shape index (κ3) is 6.55. The van der Waals surface area contributed by atoms with Gasteiger partial charge in [-0.25, -0.2) is 0 Å². The molecule has 1 N–H and O–H groups in total. The second kappa shape index (κ2) is 11.9. The van der Waals surface area contributed by atoms with Crippen LogP contribution >= 0.6 is 39.9 Å². The summed E-state index contributed by atoms with van der Waals surface area (Å²) in [6.07, 6.45) is 7.96. The summed E-state index contributed by atoms with van der Waals surface area (Å²) in [6.45, 7) is 1.23. The number of hydrogen-bond acceptors (Lipinski definition) is 3. The molecule has 28 heavy (non-hydrogen) atoms. The van der Waals surface area contributed by atoms with Crippen LogP contribution in [0.5, 0.6) is 11.5 Å². The van der Waals surface area contributed by atoms with E-state index in [0.29, 0.717) is 23.4 Å². The fourth-order valence-corrected chi connectivity index (χ4v) is 4.32. The number of nitrogens with one attached hydrogen (secondary N) is 1. The molecule has 0 amide bonds. The first-order valence-corrected chi connectivity index (χ1v) is 10.8.